The van der Waals surface area contributed by atoms with Crippen LogP contribution in [0.4, 0.5) is 0 Å². The Morgan fingerprint density at radius 3 is 2.40 bits per heavy atom. The van der Waals surface area contributed by atoms with Crippen LogP contribution in [0.15, 0.2) is 0 Å². The Hall–Kier alpha value is -0.180. The molecule has 3 aliphatic rings. The molecular weight excluding hydrogens is 208 g/mol. The SMILES string of the molecule is O=C(CCS)OCC12CCC(CC1)CC2. The fourth-order valence-electron chi connectivity index (χ4n) is 2.95. The van der Waals surface area contributed by atoms with Gasteiger partial charge < -0.3 is 4.74 Å². The Kier molecular flexibility index (Phi) is 3.60. The Labute approximate surface area is 97.2 Å². The van der Waals surface area contributed by atoms with Gasteiger partial charge in [0.15, 0.2) is 0 Å². The topological polar surface area (TPSA) is 26.3 Å². The zero-order valence-corrected chi connectivity index (χ0v) is 10.1. The summed E-state index contributed by atoms with van der Waals surface area (Å²) >= 11 is 4.03. The number of hydrogen-bond donors (Lipinski definition) is 1. The summed E-state index contributed by atoms with van der Waals surface area (Å²) in [6.07, 6.45) is 8.31. The first kappa shape index (κ1) is 11.3. The second-order valence-corrected chi connectivity index (χ2v) is 5.56. The quantitative estimate of drug-likeness (QED) is 0.591. The highest BCUT2D eigenvalue weighted by molar-refractivity contribution is 7.80. The number of esters is 1. The summed E-state index contributed by atoms with van der Waals surface area (Å²) in [6, 6.07) is 0. The van der Waals surface area contributed by atoms with Gasteiger partial charge in [-0.15, -0.1) is 0 Å². The smallest absolute Gasteiger partial charge is 0.306 e. The summed E-state index contributed by atoms with van der Waals surface area (Å²) in [4.78, 5) is 11.3. The predicted octanol–water partition coefficient (Wildman–Crippen LogP) is 2.82. The first-order chi connectivity index (χ1) is 7.24. The molecule has 0 aliphatic heterocycles. The van der Waals surface area contributed by atoms with Crippen LogP contribution < -0.4 is 0 Å². The van der Waals surface area contributed by atoms with E-state index in [-0.39, 0.29) is 5.97 Å². The van der Waals surface area contributed by atoms with Crippen molar-refractivity contribution in [1.29, 1.82) is 0 Å². The number of ether oxygens (including phenoxy) is 1. The van der Waals surface area contributed by atoms with Gasteiger partial charge in [-0.1, -0.05) is 0 Å². The average molecular weight is 228 g/mol. The van der Waals surface area contributed by atoms with Crippen LogP contribution in [-0.2, 0) is 9.53 Å². The normalized spacial score (nSPS) is 34.1. The Morgan fingerprint density at radius 1 is 1.27 bits per heavy atom. The Bertz CT molecular complexity index is 218. The maximum Gasteiger partial charge on any atom is 0.306 e. The fraction of sp³-hybridized carbons (Fsp3) is 0.917. The molecule has 3 saturated carbocycles. The lowest BCUT2D eigenvalue weighted by Gasteiger charge is -2.45. The van der Waals surface area contributed by atoms with E-state index >= 15 is 0 Å². The van der Waals surface area contributed by atoms with Crippen molar-refractivity contribution >= 4 is 18.6 Å². The van der Waals surface area contributed by atoms with Crippen LogP contribution in [0.3, 0.4) is 0 Å². The van der Waals surface area contributed by atoms with Crippen molar-refractivity contribution in [2.45, 2.75) is 44.9 Å². The third kappa shape index (κ3) is 2.68. The van der Waals surface area contributed by atoms with Crippen molar-refractivity contribution in [3.8, 4) is 0 Å². The van der Waals surface area contributed by atoms with Crippen molar-refractivity contribution in [1.82, 2.24) is 0 Å². The van der Waals surface area contributed by atoms with Crippen molar-refractivity contribution in [2.75, 3.05) is 12.4 Å². The fourth-order valence-corrected chi connectivity index (χ4v) is 3.14. The van der Waals surface area contributed by atoms with Gasteiger partial charge in [-0.2, -0.15) is 12.6 Å². The number of carbonyl (C=O) groups excluding carboxylic acids is 1. The molecule has 3 fully saturated rings. The van der Waals surface area contributed by atoms with E-state index in [1.54, 1.807) is 0 Å². The van der Waals surface area contributed by atoms with E-state index in [1.165, 1.54) is 38.5 Å². The molecule has 0 saturated heterocycles. The lowest BCUT2D eigenvalue weighted by Crippen LogP contribution is -2.38. The van der Waals surface area contributed by atoms with E-state index in [4.69, 9.17) is 4.74 Å². The van der Waals surface area contributed by atoms with E-state index < -0.39 is 0 Å². The monoisotopic (exact) mass is 228 g/mol. The second-order valence-electron chi connectivity index (χ2n) is 5.12. The van der Waals surface area contributed by atoms with E-state index in [0.29, 0.717) is 24.2 Å². The molecule has 0 amide bonds. The van der Waals surface area contributed by atoms with Crippen molar-refractivity contribution in [3.63, 3.8) is 0 Å². The molecule has 15 heavy (non-hydrogen) atoms. The molecule has 2 bridgehead atoms. The first-order valence-corrected chi connectivity index (χ1v) is 6.64. The number of hydrogen-bond acceptors (Lipinski definition) is 3. The zero-order chi connectivity index (χ0) is 10.7. The summed E-state index contributed by atoms with van der Waals surface area (Å²) in [7, 11) is 0. The van der Waals surface area contributed by atoms with Gasteiger partial charge in [-0.3, -0.25) is 4.79 Å². The average Bonchev–Trinajstić information content (AvgIpc) is 2.30. The lowest BCUT2D eigenvalue weighted by atomic mass is 9.61. The molecule has 3 rings (SSSR count). The van der Waals surface area contributed by atoms with Crippen LogP contribution >= 0.6 is 12.6 Å². The van der Waals surface area contributed by atoms with E-state index in [2.05, 4.69) is 12.6 Å². The highest BCUT2D eigenvalue weighted by Gasteiger charge is 2.41. The zero-order valence-electron chi connectivity index (χ0n) is 9.21. The van der Waals surface area contributed by atoms with Crippen molar-refractivity contribution < 1.29 is 9.53 Å². The summed E-state index contributed by atoms with van der Waals surface area (Å²) in [5.74, 6) is 1.49. The van der Waals surface area contributed by atoms with Crippen LogP contribution in [0.5, 0.6) is 0 Å². The maximum atomic E-state index is 11.3. The van der Waals surface area contributed by atoms with Crippen LogP contribution in [-0.4, -0.2) is 18.3 Å². The second kappa shape index (κ2) is 4.77. The molecule has 0 spiro atoms. The van der Waals surface area contributed by atoms with Gasteiger partial charge in [0.25, 0.3) is 0 Å². The molecule has 3 heteroatoms. The molecule has 0 aromatic rings. The summed E-state index contributed by atoms with van der Waals surface area (Å²) in [5, 5.41) is 0. The van der Waals surface area contributed by atoms with Crippen LogP contribution in [0.1, 0.15) is 44.9 Å². The molecular formula is C12H20O2S. The van der Waals surface area contributed by atoms with Gasteiger partial charge in [0.1, 0.15) is 0 Å². The summed E-state index contributed by atoms with van der Waals surface area (Å²) in [6.45, 7) is 0.659. The number of rotatable bonds is 4. The summed E-state index contributed by atoms with van der Waals surface area (Å²) < 4.78 is 5.35. The van der Waals surface area contributed by atoms with E-state index in [9.17, 15) is 4.79 Å². The molecule has 0 atom stereocenters. The van der Waals surface area contributed by atoms with Crippen molar-refractivity contribution in [3.05, 3.63) is 0 Å². The third-order valence-electron chi connectivity index (χ3n) is 4.10. The molecule has 0 aromatic carbocycles. The van der Waals surface area contributed by atoms with Gasteiger partial charge >= 0.3 is 5.97 Å². The Morgan fingerprint density at radius 2 is 1.87 bits per heavy atom. The highest BCUT2D eigenvalue weighted by atomic mass is 32.1. The maximum absolute atomic E-state index is 11.3. The molecule has 0 N–H and O–H groups in total. The molecule has 2 nitrogen and oxygen atoms in total. The van der Waals surface area contributed by atoms with Gasteiger partial charge in [-0.05, 0) is 44.4 Å². The highest BCUT2D eigenvalue weighted by Crippen LogP contribution is 2.50. The minimum absolute atomic E-state index is 0.0768. The molecule has 0 aromatic heterocycles. The number of carbonyl (C=O) groups is 1. The number of fused-ring (bicyclic) bond motifs is 3. The van der Waals surface area contributed by atoms with Gasteiger partial charge in [0.05, 0.1) is 13.0 Å². The number of thiol groups is 1. The minimum Gasteiger partial charge on any atom is -0.465 e. The van der Waals surface area contributed by atoms with Crippen LogP contribution in [0.2, 0.25) is 0 Å². The van der Waals surface area contributed by atoms with Crippen molar-refractivity contribution in [2.24, 2.45) is 11.3 Å². The van der Waals surface area contributed by atoms with E-state index in [0.717, 1.165) is 5.92 Å². The van der Waals surface area contributed by atoms with Gasteiger partial charge in [0.2, 0.25) is 0 Å². The van der Waals surface area contributed by atoms with Crippen LogP contribution in [0.25, 0.3) is 0 Å². The molecule has 0 heterocycles. The lowest BCUT2D eigenvalue weighted by molar-refractivity contribution is -0.149. The first-order valence-electron chi connectivity index (χ1n) is 6.01. The standard InChI is InChI=1S/C12H20O2S/c13-11(4-8-15)14-9-12-5-1-10(2-6-12)3-7-12/h10,15H,1-9H2. The molecule has 3 aliphatic carbocycles. The largest absolute Gasteiger partial charge is 0.465 e. The van der Waals surface area contributed by atoms with Crippen LogP contribution in [0, 0.1) is 11.3 Å². The van der Waals surface area contributed by atoms with Gasteiger partial charge in [-0.25, -0.2) is 0 Å². The third-order valence-corrected chi connectivity index (χ3v) is 4.33. The summed E-state index contributed by atoms with van der Waals surface area (Å²) in [5.41, 5.74) is 0.348. The molecule has 0 unspecified atom stereocenters. The predicted molar refractivity (Wildman–Crippen MR) is 63.1 cm³/mol. The van der Waals surface area contributed by atoms with Gasteiger partial charge in [0, 0.05) is 11.2 Å². The molecule has 0 radical (unpaired) electrons. The molecule has 86 valence electrons. The minimum atomic E-state index is -0.0768. The van der Waals surface area contributed by atoms with E-state index in [1.807, 2.05) is 0 Å². The Balaban J connectivity index is 1.80.